The first-order chi connectivity index (χ1) is 8.69. The third kappa shape index (κ3) is 3.05. The molecule has 90 valence electrons. The number of rotatable bonds is 3. The van der Waals surface area contributed by atoms with Crippen molar-refractivity contribution in [2.24, 2.45) is 0 Å². The molecule has 5 heteroatoms. The minimum atomic E-state index is -0.265. The molecule has 1 heterocycles. The van der Waals surface area contributed by atoms with Crippen molar-refractivity contribution >= 4 is 21.6 Å². The SMILES string of the molecule is N#Cc1ccc(NCc2ccc(Br)cc2F)cn1. The van der Waals surface area contributed by atoms with E-state index in [-0.39, 0.29) is 5.82 Å². The van der Waals surface area contributed by atoms with Crippen LogP contribution in [0.5, 0.6) is 0 Å². The fraction of sp³-hybridized carbons (Fsp3) is 0.0769. The van der Waals surface area contributed by atoms with E-state index < -0.39 is 0 Å². The Hall–Kier alpha value is -1.93. The zero-order chi connectivity index (χ0) is 13.0. The topological polar surface area (TPSA) is 48.7 Å². The summed E-state index contributed by atoms with van der Waals surface area (Å²) in [6, 6.07) is 10.2. The van der Waals surface area contributed by atoms with E-state index >= 15 is 0 Å². The van der Waals surface area contributed by atoms with Gasteiger partial charge in [-0.3, -0.25) is 0 Å². The van der Waals surface area contributed by atoms with Gasteiger partial charge in [-0.15, -0.1) is 0 Å². The van der Waals surface area contributed by atoms with Crippen molar-refractivity contribution in [3.63, 3.8) is 0 Å². The van der Waals surface area contributed by atoms with Gasteiger partial charge in [0, 0.05) is 16.6 Å². The third-order valence-corrected chi connectivity index (χ3v) is 2.87. The number of nitrogens with zero attached hydrogens (tertiary/aromatic N) is 2. The summed E-state index contributed by atoms with van der Waals surface area (Å²) in [7, 11) is 0. The van der Waals surface area contributed by atoms with Gasteiger partial charge >= 0.3 is 0 Å². The molecule has 2 aromatic rings. The second-order valence-corrected chi connectivity index (χ2v) is 4.55. The average Bonchev–Trinajstić information content (AvgIpc) is 2.38. The molecule has 0 aliphatic carbocycles. The predicted octanol–water partition coefficient (Wildman–Crippen LogP) is 3.47. The molecular formula is C13H9BrFN3. The molecule has 0 saturated heterocycles. The van der Waals surface area contributed by atoms with Gasteiger partial charge in [-0.2, -0.15) is 5.26 Å². The van der Waals surface area contributed by atoms with Crippen LogP contribution >= 0.6 is 15.9 Å². The Morgan fingerprint density at radius 2 is 2.17 bits per heavy atom. The molecule has 3 nitrogen and oxygen atoms in total. The number of hydrogen-bond acceptors (Lipinski definition) is 3. The lowest BCUT2D eigenvalue weighted by Crippen LogP contribution is -2.02. The van der Waals surface area contributed by atoms with Crippen molar-refractivity contribution in [2.75, 3.05) is 5.32 Å². The summed E-state index contributed by atoms with van der Waals surface area (Å²) < 4.78 is 14.3. The Morgan fingerprint density at radius 1 is 1.33 bits per heavy atom. The van der Waals surface area contributed by atoms with Crippen molar-refractivity contribution in [3.05, 3.63) is 58.1 Å². The van der Waals surface area contributed by atoms with E-state index in [1.165, 1.54) is 6.07 Å². The maximum Gasteiger partial charge on any atom is 0.140 e. The maximum atomic E-state index is 13.5. The van der Waals surface area contributed by atoms with E-state index in [0.717, 1.165) is 5.69 Å². The van der Waals surface area contributed by atoms with Crippen LogP contribution in [0.2, 0.25) is 0 Å². The van der Waals surface area contributed by atoms with Crippen LogP contribution in [0.25, 0.3) is 0 Å². The molecule has 2 rings (SSSR count). The largest absolute Gasteiger partial charge is 0.380 e. The first kappa shape index (κ1) is 12.5. The summed E-state index contributed by atoms with van der Waals surface area (Å²) in [6.07, 6.45) is 1.55. The molecule has 0 unspecified atom stereocenters. The Kier molecular flexibility index (Phi) is 3.90. The molecular weight excluding hydrogens is 297 g/mol. The Labute approximate surface area is 112 Å². The van der Waals surface area contributed by atoms with Crippen LogP contribution in [-0.4, -0.2) is 4.98 Å². The zero-order valence-electron chi connectivity index (χ0n) is 9.32. The van der Waals surface area contributed by atoms with Crippen LogP contribution in [0, 0.1) is 17.1 Å². The van der Waals surface area contributed by atoms with E-state index in [0.29, 0.717) is 22.3 Å². The molecule has 1 N–H and O–H groups in total. The smallest absolute Gasteiger partial charge is 0.140 e. The number of nitrogens with one attached hydrogen (secondary N) is 1. The number of hydrogen-bond donors (Lipinski definition) is 1. The second-order valence-electron chi connectivity index (χ2n) is 3.63. The quantitative estimate of drug-likeness (QED) is 0.944. The molecule has 0 spiro atoms. The van der Waals surface area contributed by atoms with Crippen LogP contribution in [0.1, 0.15) is 11.3 Å². The molecule has 1 aromatic heterocycles. The summed E-state index contributed by atoms with van der Waals surface area (Å²) in [5.41, 5.74) is 1.68. The number of halogens is 2. The predicted molar refractivity (Wildman–Crippen MR) is 70.4 cm³/mol. The van der Waals surface area contributed by atoms with Gasteiger partial charge in [-0.05, 0) is 24.3 Å². The lowest BCUT2D eigenvalue weighted by atomic mass is 10.2. The molecule has 0 atom stereocenters. The highest BCUT2D eigenvalue weighted by atomic mass is 79.9. The second kappa shape index (κ2) is 5.61. The van der Waals surface area contributed by atoms with Gasteiger partial charge in [0.1, 0.15) is 17.6 Å². The molecule has 0 aliphatic rings. The Morgan fingerprint density at radius 3 is 2.78 bits per heavy atom. The van der Waals surface area contributed by atoms with Crippen molar-refractivity contribution in [3.8, 4) is 6.07 Å². The monoisotopic (exact) mass is 305 g/mol. The van der Waals surface area contributed by atoms with E-state index in [1.807, 2.05) is 6.07 Å². The molecule has 0 aliphatic heterocycles. The van der Waals surface area contributed by atoms with Crippen LogP contribution in [0.4, 0.5) is 10.1 Å². The highest BCUT2D eigenvalue weighted by Gasteiger charge is 2.02. The van der Waals surface area contributed by atoms with Gasteiger partial charge in [-0.1, -0.05) is 22.0 Å². The van der Waals surface area contributed by atoms with Crippen LogP contribution in [-0.2, 0) is 6.54 Å². The van der Waals surface area contributed by atoms with Gasteiger partial charge in [0.2, 0.25) is 0 Å². The molecule has 18 heavy (non-hydrogen) atoms. The third-order valence-electron chi connectivity index (χ3n) is 2.38. The van der Waals surface area contributed by atoms with E-state index in [1.54, 1.807) is 30.5 Å². The highest BCUT2D eigenvalue weighted by Crippen LogP contribution is 2.16. The molecule has 0 amide bonds. The minimum Gasteiger partial charge on any atom is -0.380 e. The van der Waals surface area contributed by atoms with Crippen molar-refractivity contribution < 1.29 is 4.39 Å². The van der Waals surface area contributed by atoms with Crippen LogP contribution in [0.15, 0.2) is 41.0 Å². The van der Waals surface area contributed by atoms with E-state index in [4.69, 9.17) is 5.26 Å². The number of pyridine rings is 1. The fourth-order valence-electron chi connectivity index (χ4n) is 1.43. The van der Waals surface area contributed by atoms with E-state index in [9.17, 15) is 4.39 Å². The van der Waals surface area contributed by atoms with Gasteiger partial charge < -0.3 is 5.32 Å². The fourth-order valence-corrected chi connectivity index (χ4v) is 1.76. The molecule has 0 radical (unpaired) electrons. The number of nitriles is 1. The normalized spacial score (nSPS) is 9.83. The number of benzene rings is 1. The average molecular weight is 306 g/mol. The molecule has 1 aromatic carbocycles. The first-order valence-electron chi connectivity index (χ1n) is 5.23. The van der Waals surface area contributed by atoms with Gasteiger partial charge in [0.05, 0.1) is 11.9 Å². The Bertz CT molecular complexity index is 590. The van der Waals surface area contributed by atoms with Crippen LogP contribution in [0.3, 0.4) is 0 Å². The molecule has 0 fully saturated rings. The maximum absolute atomic E-state index is 13.5. The lowest BCUT2D eigenvalue weighted by molar-refractivity contribution is 0.612. The number of aromatic nitrogens is 1. The van der Waals surface area contributed by atoms with E-state index in [2.05, 4.69) is 26.2 Å². The summed E-state index contributed by atoms with van der Waals surface area (Å²) in [5.74, 6) is -0.265. The van der Waals surface area contributed by atoms with Gasteiger partial charge in [0.15, 0.2) is 0 Å². The lowest BCUT2D eigenvalue weighted by Gasteiger charge is -2.07. The number of anilines is 1. The minimum absolute atomic E-state index is 0.265. The molecule has 0 saturated carbocycles. The summed E-state index contributed by atoms with van der Waals surface area (Å²) in [6.45, 7) is 0.368. The van der Waals surface area contributed by atoms with Crippen molar-refractivity contribution in [1.29, 1.82) is 5.26 Å². The van der Waals surface area contributed by atoms with Crippen molar-refractivity contribution in [1.82, 2.24) is 4.98 Å². The van der Waals surface area contributed by atoms with Crippen LogP contribution < -0.4 is 5.32 Å². The first-order valence-corrected chi connectivity index (χ1v) is 6.02. The molecule has 0 bridgehead atoms. The highest BCUT2D eigenvalue weighted by molar-refractivity contribution is 9.10. The Balaban J connectivity index is 2.04. The summed E-state index contributed by atoms with van der Waals surface area (Å²) in [4.78, 5) is 3.92. The van der Waals surface area contributed by atoms with Gasteiger partial charge in [0.25, 0.3) is 0 Å². The summed E-state index contributed by atoms with van der Waals surface area (Å²) >= 11 is 3.21. The zero-order valence-corrected chi connectivity index (χ0v) is 10.9. The summed E-state index contributed by atoms with van der Waals surface area (Å²) in [5, 5.41) is 11.7. The standard InChI is InChI=1S/C13H9BrFN3/c14-10-2-1-9(13(15)5-10)7-17-12-4-3-11(6-16)18-8-12/h1-5,8,17H,7H2. The van der Waals surface area contributed by atoms with Gasteiger partial charge in [-0.25, -0.2) is 9.37 Å². The van der Waals surface area contributed by atoms with Crippen molar-refractivity contribution in [2.45, 2.75) is 6.54 Å².